The number of alkyl halides is 1. The predicted octanol–water partition coefficient (Wildman–Crippen LogP) is 5.86. The first-order valence-corrected chi connectivity index (χ1v) is 10.3. The number of halogens is 4. The van der Waals surface area contributed by atoms with Crippen LogP contribution in [0.2, 0.25) is 0 Å². The lowest BCUT2D eigenvalue weighted by molar-refractivity contribution is -0.136. The third-order valence-electron chi connectivity index (χ3n) is 4.73. The van der Waals surface area contributed by atoms with Crippen LogP contribution in [-0.2, 0) is 30.9 Å². The van der Waals surface area contributed by atoms with E-state index in [0.717, 1.165) is 29.2 Å². The average Bonchev–Trinajstić information content (AvgIpc) is 3.14. The zero-order valence-electron chi connectivity index (χ0n) is 16.6. The Balaban J connectivity index is 1.87. The van der Waals surface area contributed by atoms with E-state index in [1.165, 1.54) is 12.1 Å². The van der Waals surface area contributed by atoms with Gasteiger partial charge in [-0.25, -0.2) is 17.6 Å². The van der Waals surface area contributed by atoms with Gasteiger partial charge in [-0.3, -0.25) is 4.79 Å². The third kappa shape index (κ3) is 5.22. The normalized spacial score (nSPS) is 11.0. The van der Waals surface area contributed by atoms with E-state index in [0.29, 0.717) is 6.42 Å². The van der Waals surface area contributed by atoms with Crippen LogP contribution in [0, 0.1) is 17.5 Å². The van der Waals surface area contributed by atoms with Gasteiger partial charge in [-0.15, -0.1) is 0 Å². The smallest absolute Gasteiger partial charge is 0.303 e. The lowest BCUT2D eigenvalue weighted by Crippen LogP contribution is -2.04. The molecule has 0 radical (unpaired) electrons. The Hall–Kier alpha value is -2.94. The fourth-order valence-corrected chi connectivity index (χ4v) is 3.79. The highest BCUT2D eigenvalue weighted by Crippen LogP contribution is 2.33. The van der Waals surface area contributed by atoms with Gasteiger partial charge in [-0.05, 0) is 59.8 Å². The molecule has 0 amide bonds. The summed E-state index contributed by atoms with van der Waals surface area (Å²) in [5.41, 5.74) is 1.48. The van der Waals surface area contributed by atoms with Crippen LogP contribution < -0.4 is 4.74 Å². The van der Waals surface area contributed by atoms with Crippen LogP contribution in [0.25, 0.3) is 11.3 Å². The molecule has 1 N–H and O–H groups in total. The lowest BCUT2D eigenvalue weighted by atomic mass is 10.0. The zero-order valence-corrected chi connectivity index (χ0v) is 17.4. The van der Waals surface area contributed by atoms with Gasteiger partial charge in [0.1, 0.15) is 19.1 Å². The van der Waals surface area contributed by atoms with Crippen molar-refractivity contribution in [2.24, 2.45) is 0 Å². The minimum atomic E-state index is -1.09. The van der Waals surface area contributed by atoms with Crippen LogP contribution >= 0.6 is 11.5 Å². The second-order valence-electron chi connectivity index (χ2n) is 6.81. The molecule has 3 rings (SSSR count). The number of hydrogen-bond acceptors (Lipinski definition) is 4. The molecule has 1 aromatic heterocycles. The van der Waals surface area contributed by atoms with Gasteiger partial charge >= 0.3 is 5.97 Å². The highest BCUT2D eigenvalue weighted by molar-refractivity contribution is 7.06. The Bertz CT molecular complexity index is 1080. The fourth-order valence-electron chi connectivity index (χ4n) is 3.07. The van der Waals surface area contributed by atoms with E-state index < -0.39 is 42.5 Å². The molecule has 0 bridgehead atoms. The molecule has 0 atom stereocenters. The fraction of sp³-hybridized carbons (Fsp3) is 0.273. The standard InChI is InChI=1S/C22H19F4NO3S/c1-2-12-3-5-14(16(24)7-12)21-15(19(10-23)31-27-21)11-30-22-17(25)8-13(9-18(22)26)4-6-20(28)29/h3,5,7-9H,2,4,6,10-11H2,1H3,(H,28,29). The van der Waals surface area contributed by atoms with Crippen molar-refractivity contribution in [1.82, 2.24) is 4.37 Å². The summed E-state index contributed by atoms with van der Waals surface area (Å²) in [6.45, 7) is 0.584. The minimum absolute atomic E-state index is 0.0406. The van der Waals surface area contributed by atoms with Crippen LogP contribution in [0.15, 0.2) is 30.3 Å². The van der Waals surface area contributed by atoms with Crippen LogP contribution in [0.1, 0.15) is 34.9 Å². The summed E-state index contributed by atoms with van der Waals surface area (Å²) in [5, 5.41) is 8.70. The maximum absolute atomic E-state index is 14.5. The number of ether oxygens (including phenoxy) is 1. The number of carboxylic acid groups (broad SMARTS) is 1. The molecule has 31 heavy (non-hydrogen) atoms. The molecule has 2 aromatic carbocycles. The Morgan fingerprint density at radius 1 is 1.10 bits per heavy atom. The molecule has 0 aliphatic carbocycles. The largest absolute Gasteiger partial charge is 0.483 e. The summed E-state index contributed by atoms with van der Waals surface area (Å²) in [4.78, 5) is 10.8. The van der Waals surface area contributed by atoms with Crippen molar-refractivity contribution in [3.8, 4) is 17.0 Å². The van der Waals surface area contributed by atoms with Crippen LogP contribution in [0.4, 0.5) is 17.6 Å². The van der Waals surface area contributed by atoms with E-state index in [2.05, 4.69) is 4.37 Å². The van der Waals surface area contributed by atoms with Crippen molar-refractivity contribution < 1.29 is 32.2 Å². The van der Waals surface area contributed by atoms with Crippen molar-refractivity contribution in [2.75, 3.05) is 0 Å². The summed E-state index contributed by atoms with van der Waals surface area (Å²) >= 11 is 0.830. The Kier molecular flexibility index (Phi) is 7.27. The SMILES string of the molecule is CCc1ccc(-c2nsc(CF)c2COc2c(F)cc(CCC(=O)O)cc2F)c(F)c1. The summed E-state index contributed by atoms with van der Waals surface area (Å²) < 4.78 is 66.1. The molecule has 9 heteroatoms. The quantitative estimate of drug-likeness (QED) is 0.413. The summed E-state index contributed by atoms with van der Waals surface area (Å²) in [6, 6.07) is 6.62. The van der Waals surface area contributed by atoms with Crippen molar-refractivity contribution in [1.29, 1.82) is 0 Å². The zero-order chi connectivity index (χ0) is 22.5. The van der Waals surface area contributed by atoms with Gasteiger partial charge in [0, 0.05) is 17.5 Å². The van der Waals surface area contributed by atoms with Gasteiger partial charge in [0.2, 0.25) is 0 Å². The first-order valence-electron chi connectivity index (χ1n) is 9.48. The van der Waals surface area contributed by atoms with Crippen LogP contribution in [0.3, 0.4) is 0 Å². The number of benzene rings is 2. The molecule has 0 saturated heterocycles. The maximum atomic E-state index is 14.5. The number of carbonyl (C=O) groups is 1. The second kappa shape index (κ2) is 9.91. The molecule has 0 spiro atoms. The summed E-state index contributed by atoms with van der Waals surface area (Å²) in [5.74, 6) is -4.31. The van der Waals surface area contributed by atoms with Gasteiger partial charge in [0.05, 0.1) is 10.6 Å². The van der Waals surface area contributed by atoms with E-state index in [1.54, 1.807) is 6.07 Å². The first-order chi connectivity index (χ1) is 14.8. The number of nitrogens with zero attached hydrogens (tertiary/aromatic N) is 1. The van der Waals surface area contributed by atoms with E-state index in [1.807, 2.05) is 6.92 Å². The number of hydrogen-bond donors (Lipinski definition) is 1. The monoisotopic (exact) mass is 453 g/mol. The van der Waals surface area contributed by atoms with E-state index in [9.17, 15) is 22.4 Å². The molecule has 4 nitrogen and oxygen atoms in total. The number of rotatable bonds is 9. The van der Waals surface area contributed by atoms with Gasteiger partial charge in [-0.2, -0.15) is 4.37 Å². The molecule has 0 aliphatic rings. The number of aromatic nitrogens is 1. The molecule has 0 fully saturated rings. The minimum Gasteiger partial charge on any atom is -0.483 e. The highest BCUT2D eigenvalue weighted by atomic mass is 32.1. The molecule has 164 valence electrons. The first kappa shape index (κ1) is 22.7. The van der Waals surface area contributed by atoms with Crippen LogP contribution in [-0.4, -0.2) is 15.4 Å². The van der Waals surface area contributed by atoms with Crippen molar-refractivity contribution in [3.05, 3.63) is 69.4 Å². The average molecular weight is 453 g/mol. The van der Waals surface area contributed by atoms with E-state index in [-0.39, 0.29) is 40.1 Å². The number of aryl methyl sites for hydroxylation is 2. The third-order valence-corrected chi connectivity index (χ3v) is 5.58. The number of aliphatic carboxylic acids is 1. The van der Waals surface area contributed by atoms with Crippen molar-refractivity contribution in [2.45, 2.75) is 39.5 Å². The van der Waals surface area contributed by atoms with Crippen LogP contribution in [0.5, 0.6) is 5.75 Å². The molecular formula is C22H19F4NO3S. The van der Waals surface area contributed by atoms with Crippen molar-refractivity contribution >= 4 is 17.5 Å². The molecule has 0 aliphatic heterocycles. The lowest BCUT2D eigenvalue weighted by Gasteiger charge is -2.12. The topological polar surface area (TPSA) is 59.4 Å². The predicted molar refractivity (Wildman–Crippen MR) is 108 cm³/mol. The van der Waals surface area contributed by atoms with Gasteiger partial charge < -0.3 is 9.84 Å². The van der Waals surface area contributed by atoms with Crippen molar-refractivity contribution in [3.63, 3.8) is 0 Å². The highest BCUT2D eigenvalue weighted by Gasteiger charge is 2.21. The molecule has 0 saturated carbocycles. The Morgan fingerprint density at radius 3 is 2.35 bits per heavy atom. The molecule has 1 heterocycles. The Labute approximate surface area is 180 Å². The molecular weight excluding hydrogens is 434 g/mol. The van der Waals surface area contributed by atoms with E-state index in [4.69, 9.17) is 9.84 Å². The van der Waals surface area contributed by atoms with E-state index >= 15 is 0 Å². The van der Waals surface area contributed by atoms with Gasteiger partial charge in [-0.1, -0.05) is 13.0 Å². The Morgan fingerprint density at radius 2 is 1.77 bits per heavy atom. The summed E-state index contributed by atoms with van der Waals surface area (Å²) in [6.07, 6.45) is 0.327. The maximum Gasteiger partial charge on any atom is 0.303 e. The number of carboxylic acids is 1. The molecule has 0 unspecified atom stereocenters. The summed E-state index contributed by atoms with van der Waals surface area (Å²) in [7, 11) is 0. The molecule has 3 aromatic rings. The van der Waals surface area contributed by atoms with Gasteiger partial charge in [0.25, 0.3) is 0 Å². The second-order valence-corrected chi connectivity index (χ2v) is 7.66. The van der Waals surface area contributed by atoms with Gasteiger partial charge in [0.15, 0.2) is 17.4 Å².